The predicted octanol–water partition coefficient (Wildman–Crippen LogP) is 2.67. The lowest BCUT2D eigenvalue weighted by Gasteiger charge is -2.42. The SMILES string of the molecule is CCn1cc(CN2CCC3(CC2)C(=O)N(Cc2cccc(OC)c2)C(=O)N3CCOC)c(C)n1. The summed E-state index contributed by atoms with van der Waals surface area (Å²) in [6.45, 7) is 8.28. The molecule has 2 aliphatic heterocycles. The van der Waals surface area contributed by atoms with Crippen LogP contribution in [0.15, 0.2) is 30.5 Å². The standard InChI is InChI=1S/C25H35N5O4/c1-5-28-18-21(19(2)26-28)17-27-11-9-25(10-12-27)23(31)29(24(32)30(25)13-14-33-3)16-20-7-6-8-22(15-20)34-4/h6-8,15,18H,5,9-14,16-17H2,1-4H3. The fraction of sp³-hybridized carbons (Fsp3) is 0.560. The van der Waals surface area contributed by atoms with E-state index in [9.17, 15) is 9.59 Å². The molecule has 9 nitrogen and oxygen atoms in total. The highest BCUT2D eigenvalue weighted by molar-refractivity contribution is 6.07. The Hall–Kier alpha value is -2.91. The molecule has 34 heavy (non-hydrogen) atoms. The third kappa shape index (κ3) is 4.54. The molecule has 3 amide bonds. The monoisotopic (exact) mass is 469 g/mol. The van der Waals surface area contributed by atoms with Crippen LogP contribution in [0.4, 0.5) is 4.79 Å². The Labute approximate surface area is 201 Å². The molecule has 0 N–H and O–H groups in total. The number of rotatable bonds is 9. The van der Waals surface area contributed by atoms with Crippen LogP contribution in [-0.4, -0.2) is 82.4 Å². The molecule has 1 aromatic carbocycles. The van der Waals surface area contributed by atoms with E-state index in [1.54, 1.807) is 19.1 Å². The Morgan fingerprint density at radius 1 is 1.12 bits per heavy atom. The average molecular weight is 470 g/mol. The number of likely N-dealkylation sites (tertiary alicyclic amines) is 1. The quantitative estimate of drug-likeness (QED) is 0.526. The zero-order valence-corrected chi connectivity index (χ0v) is 20.6. The zero-order chi connectivity index (χ0) is 24.3. The maximum Gasteiger partial charge on any atom is 0.328 e. The second-order valence-corrected chi connectivity index (χ2v) is 9.07. The van der Waals surface area contributed by atoms with Crippen LogP contribution in [0.25, 0.3) is 0 Å². The van der Waals surface area contributed by atoms with Gasteiger partial charge in [-0.2, -0.15) is 5.10 Å². The first kappa shape index (κ1) is 24.2. The van der Waals surface area contributed by atoms with E-state index in [4.69, 9.17) is 9.47 Å². The van der Waals surface area contributed by atoms with Crippen molar-refractivity contribution in [1.82, 2.24) is 24.5 Å². The first-order chi connectivity index (χ1) is 16.4. The molecule has 0 bridgehead atoms. The number of hydrogen-bond donors (Lipinski definition) is 0. The Bertz CT molecular complexity index is 1030. The Kier molecular flexibility index (Phi) is 7.23. The average Bonchev–Trinajstić information content (AvgIpc) is 3.30. The van der Waals surface area contributed by atoms with Gasteiger partial charge in [-0.1, -0.05) is 12.1 Å². The summed E-state index contributed by atoms with van der Waals surface area (Å²) in [6, 6.07) is 7.27. The number of hydrogen-bond acceptors (Lipinski definition) is 6. The molecule has 0 radical (unpaired) electrons. The van der Waals surface area contributed by atoms with Gasteiger partial charge in [-0.25, -0.2) is 4.79 Å². The number of amides is 3. The van der Waals surface area contributed by atoms with Crippen molar-refractivity contribution in [2.24, 2.45) is 0 Å². The van der Waals surface area contributed by atoms with Gasteiger partial charge in [0.1, 0.15) is 11.3 Å². The molecule has 2 saturated heterocycles. The lowest BCUT2D eigenvalue weighted by atomic mass is 9.85. The number of methoxy groups -OCH3 is 2. The zero-order valence-electron chi connectivity index (χ0n) is 20.6. The van der Waals surface area contributed by atoms with Gasteiger partial charge in [0.15, 0.2) is 0 Å². The highest BCUT2D eigenvalue weighted by Crippen LogP contribution is 2.38. The Morgan fingerprint density at radius 2 is 1.88 bits per heavy atom. The van der Waals surface area contributed by atoms with Crippen LogP contribution >= 0.6 is 0 Å². The Balaban J connectivity index is 1.51. The van der Waals surface area contributed by atoms with Crippen LogP contribution < -0.4 is 4.74 Å². The number of urea groups is 1. The van der Waals surface area contributed by atoms with Crippen LogP contribution in [0, 0.1) is 6.92 Å². The van der Waals surface area contributed by atoms with Gasteiger partial charge in [-0.05, 0) is 44.4 Å². The number of carbonyl (C=O) groups excluding carboxylic acids is 2. The van der Waals surface area contributed by atoms with Gasteiger partial charge in [0.25, 0.3) is 5.91 Å². The van der Waals surface area contributed by atoms with E-state index in [-0.39, 0.29) is 18.5 Å². The molecule has 3 heterocycles. The summed E-state index contributed by atoms with van der Waals surface area (Å²) in [5, 5.41) is 4.55. The van der Waals surface area contributed by atoms with Crippen molar-refractivity contribution in [1.29, 1.82) is 0 Å². The molecule has 1 spiro atoms. The molecule has 0 unspecified atom stereocenters. The Morgan fingerprint density at radius 3 is 2.53 bits per heavy atom. The topological polar surface area (TPSA) is 80.1 Å². The molecule has 2 fully saturated rings. The molecule has 0 atom stereocenters. The molecule has 2 aliphatic rings. The summed E-state index contributed by atoms with van der Waals surface area (Å²) in [6.07, 6.45) is 3.32. The van der Waals surface area contributed by atoms with Crippen LogP contribution in [-0.2, 0) is 29.2 Å². The minimum Gasteiger partial charge on any atom is -0.497 e. The third-order valence-corrected chi connectivity index (χ3v) is 7.06. The van der Waals surface area contributed by atoms with Crippen LogP contribution in [0.2, 0.25) is 0 Å². The fourth-order valence-electron chi connectivity index (χ4n) is 5.05. The van der Waals surface area contributed by atoms with Gasteiger partial charge in [0.05, 0.1) is 26.0 Å². The van der Waals surface area contributed by atoms with Crippen molar-refractivity contribution in [2.75, 3.05) is 40.5 Å². The van der Waals surface area contributed by atoms with Gasteiger partial charge >= 0.3 is 6.03 Å². The molecular weight excluding hydrogens is 434 g/mol. The fourth-order valence-corrected chi connectivity index (χ4v) is 5.05. The minimum atomic E-state index is -0.812. The van der Waals surface area contributed by atoms with E-state index in [0.717, 1.165) is 37.4 Å². The number of benzene rings is 1. The summed E-state index contributed by atoms with van der Waals surface area (Å²) >= 11 is 0. The van der Waals surface area contributed by atoms with Crippen LogP contribution in [0.5, 0.6) is 5.75 Å². The highest BCUT2D eigenvalue weighted by Gasteiger charge is 2.57. The largest absolute Gasteiger partial charge is 0.497 e. The van der Waals surface area contributed by atoms with Crippen molar-refractivity contribution in [3.63, 3.8) is 0 Å². The van der Waals surface area contributed by atoms with Crippen LogP contribution in [0.1, 0.15) is 36.6 Å². The summed E-state index contributed by atoms with van der Waals surface area (Å²) < 4.78 is 12.5. The van der Waals surface area contributed by atoms with E-state index >= 15 is 0 Å². The maximum atomic E-state index is 13.7. The minimum absolute atomic E-state index is 0.106. The van der Waals surface area contributed by atoms with Crippen molar-refractivity contribution < 1.29 is 19.1 Å². The number of carbonyl (C=O) groups is 2. The van der Waals surface area contributed by atoms with Gasteiger partial charge in [-0.3, -0.25) is 19.3 Å². The molecule has 0 saturated carbocycles. The summed E-state index contributed by atoms with van der Waals surface area (Å²) in [5.41, 5.74) is 2.31. The lowest BCUT2D eigenvalue weighted by molar-refractivity contribution is -0.136. The molecule has 1 aromatic heterocycles. The van der Waals surface area contributed by atoms with Gasteiger partial charge in [-0.15, -0.1) is 0 Å². The van der Waals surface area contributed by atoms with E-state index in [1.807, 2.05) is 35.9 Å². The summed E-state index contributed by atoms with van der Waals surface area (Å²) in [5.74, 6) is 0.601. The third-order valence-electron chi connectivity index (χ3n) is 7.06. The van der Waals surface area contributed by atoms with E-state index in [2.05, 4.69) is 23.1 Å². The van der Waals surface area contributed by atoms with Crippen molar-refractivity contribution in [2.45, 2.75) is 51.9 Å². The van der Waals surface area contributed by atoms with Crippen molar-refractivity contribution in [3.8, 4) is 5.75 Å². The van der Waals surface area contributed by atoms with Gasteiger partial charge < -0.3 is 14.4 Å². The highest BCUT2D eigenvalue weighted by atomic mass is 16.5. The van der Waals surface area contributed by atoms with Crippen LogP contribution in [0.3, 0.4) is 0 Å². The molecule has 4 rings (SSSR count). The first-order valence-electron chi connectivity index (χ1n) is 11.9. The lowest BCUT2D eigenvalue weighted by Crippen LogP contribution is -2.57. The first-order valence-corrected chi connectivity index (χ1v) is 11.9. The molecule has 0 aliphatic carbocycles. The number of nitrogens with zero attached hydrogens (tertiary/aromatic N) is 5. The van der Waals surface area contributed by atoms with Crippen molar-refractivity contribution >= 4 is 11.9 Å². The van der Waals surface area contributed by atoms with E-state index < -0.39 is 5.54 Å². The maximum absolute atomic E-state index is 13.7. The number of imide groups is 1. The number of aryl methyl sites for hydroxylation is 2. The predicted molar refractivity (Wildman–Crippen MR) is 127 cm³/mol. The second kappa shape index (κ2) is 10.1. The molecular formula is C25H35N5O4. The second-order valence-electron chi connectivity index (χ2n) is 9.07. The molecule has 9 heteroatoms. The smallest absolute Gasteiger partial charge is 0.328 e. The van der Waals surface area contributed by atoms with Gasteiger partial charge in [0, 0.05) is 51.6 Å². The van der Waals surface area contributed by atoms with Crippen molar-refractivity contribution in [3.05, 3.63) is 47.3 Å². The van der Waals surface area contributed by atoms with E-state index in [0.29, 0.717) is 31.7 Å². The molecule has 184 valence electrons. The van der Waals surface area contributed by atoms with Gasteiger partial charge in [0.2, 0.25) is 0 Å². The number of aromatic nitrogens is 2. The normalized spacial score (nSPS) is 18.4. The number of piperidine rings is 1. The van der Waals surface area contributed by atoms with E-state index in [1.165, 1.54) is 10.5 Å². The number of ether oxygens (including phenoxy) is 2. The summed E-state index contributed by atoms with van der Waals surface area (Å²) in [4.78, 5) is 32.7. The molecule has 2 aromatic rings. The summed E-state index contributed by atoms with van der Waals surface area (Å²) in [7, 11) is 3.22.